The van der Waals surface area contributed by atoms with E-state index in [0.29, 0.717) is 24.7 Å². The summed E-state index contributed by atoms with van der Waals surface area (Å²) < 4.78 is 24.1. The van der Waals surface area contributed by atoms with Gasteiger partial charge in [0.1, 0.15) is 5.75 Å². The first-order valence-electron chi connectivity index (χ1n) is 8.63. The number of nitrogens with zero attached hydrogens (tertiary/aromatic N) is 3. The Balaban J connectivity index is 1.84. The smallest absolute Gasteiger partial charge is 0.212 e. The van der Waals surface area contributed by atoms with Crippen molar-refractivity contribution < 1.29 is 13.9 Å². The van der Waals surface area contributed by atoms with Crippen LogP contribution in [0.2, 0.25) is 0 Å². The maximum atomic E-state index is 13.2. The Morgan fingerprint density at radius 2 is 2.00 bits per heavy atom. The van der Waals surface area contributed by atoms with Crippen LogP contribution in [0.1, 0.15) is 0 Å². The molecule has 4 rings (SSSR count). The van der Waals surface area contributed by atoms with Crippen molar-refractivity contribution in [1.29, 1.82) is 0 Å². The molecule has 8 heteroatoms. The number of ether oxygens (including phenoxy) is 2. The molecule has 0 unspecified atom stereocenters. The Hall–Kier alpha value is -2.97. The molecule has 0 radical (unpaired) electrons. The van der Waals surface area contributed by atoms with Gasteiger partial charge in [-0.15, -0.1) is 0 Å². The van der Waals surface area contributed by atoms with E-state index in [4.69, 9.17) is 15.2 Å². The predicted molar refractivity (Wildman–Crippen MR) is 102 cm³/mol. The summed E-state index contributed by atoms with van der Waals surface area (Å²) in [7, 11) is 1.59. The largest absolute Gasteiger partial charge is 0.496 e. The summed E-state index contributed by atoms with van der Waals surface area (Å²) in [5.74, 6) is 0.101. The van der Waals surface area contributed by atoms with E-state index in [1.165, 1.54) is 12.3 Å². The average Bonchev–Trinajstić information content (AvgIpc) is 2.71. The molecule has 0 spiro atoms. The van der Waals surface area contributed by atoms with Crippen molar-refractivity contribution in [1.82, 2.24) is 15.0 Å². The number of hydrazine groups is 1. The molecular weight excluding hydrogens is 349 g/mol. The zero-order valence-corrected chi connectivity index (χ0v) is 14.9. The number of benzene rings is 1. The lowest BCUT2D eigenvalue weighted by Crippen LogP contribution is -2.40. The summed E-state index contributed by atoms with van der Waals surface area (Å²) in [6.07, 6.45) is 3.11. The van der Waals surface area contributed by atoms with E-state index in [-0.39, 0.29) is 0 Å². The van der Waals surface area contributed by atoms with E-state index in [0.717, 1.165) is 40.8 Å². The van der Waals surface area contributed by atoms with Crippen LogP contribution in [0.4, 0.5) is 15.8 Å². The van der Waals surface area contributed by atoms with E-state index in [9.17, 15) is 4.39 Å². The molecule has 0 bridgehead atoms. The molecule has 1 saturated heterocycles. The molecule has 1 aromatic carbocycles. The number of nitrogens with one attached hydrogen (secondary N) is 1. The monoisotopic (exact) mass is 369 g/mol. The van der Waals surface area contributed by atoms with Crippen LogP contribution in [0.15, 0.2) is 36.7 Å². The van der Waals surface area contributed by atoms with Crippen molar-refractivity contribution in [2.45, 2.75) is 0 Å². The van der Waals surface area contributed by atoms with Gasteiger partial charge in [0.2, 0.25) is 5.95 Å². The SMILES string of the molecule is COc1cc2ncc(N)c(NN3CCOCC3)c2cc1-c1ccc(F)nc1. The van der Waals surface area contributed by atoms with E-state index >= 15 is 0 Å². The number of nitrogens with two attached hydrogens (primary N) is 1. The van der Waals surface area contributed by atoms with Crippen molar-refractivity contribution in [3.8, 4) is 16.9 Å². The second-order valence-electron chi connectivity index (χ2n) is 6.24. The number of aromatic nitrogens is 2. The van der Waals surface area contributed by atoms with Crippen LogP contribution in [0.5, 0.6) is 5.75 Å². The molecule has 3 heterocycles. The summed E-state index contributed by atoms with van der Waals surface area (Å²) in [5, 5.41) is 2.92. The summed E-state index contributed by atoms with van der Waals surface area (Å²) >= 11 is 0. The molecule has 3 aromatic rings. The number of anilines is 2. The fraction of sp³-hybridized carbons (Fsp3) is 0.263. The Kier molecular flexibility index (Phi) is 4.74. The quantitative estimate of drug-likeness (QED) is 0.684. The van der Waals surface area contributed by atoms with Crippen molar-refractivity contribution in [2.24, 2.45) is 0 Å². The highest BCUT2D eigenvalue weighted by molar-refractivity contribution is 6.00. The first-order chi connectivity index (χ1) is 13.2. The van der Waals surface area contributed by atoms with Crippen molar-refractivity contribution in [2.75, 3.05) is 44.6 Å². The van der Waals surface area contributed by atoms with Crippen LogP contribution in [0.25, 0.3) is 22.0 Å². The highest BCUT2D eigenvalue weighted by atomic mass is 19.1. The number of nitrogen functional groups attached to an aromatic ring is 1. The van der Waals surface area contributed by atoms with E-state index < -0.39 is 5.95 Å². The second-order valence-corrected chi connectivity index (χ2v) is 6.24. The standard InChI is InChI=1S/C19H20FN5O2/c1-26-17-9-16-14(8-13(17)12-2-3-18(20)23-10-12)19(15(21)11-22-16)24-25-4-6-27-7-5-25/h2-3,8-11H,4-7,21H2,1H3,(H,22,24). The van der Waals surface area contributed by atoms with Gasteiger partial charge in [-0.25, -0.2) is 9.99 Å². The number of morpholine rings is 1. The van der Waals surface area contributed by atoms with E-state index in [2.05, 4.69) is 20.4 Å². The van der Waals surface area contributed by atoms with E-state index in [1.807, 2.05) is 12.1 Å². The third kappa shape index (κ3) is 3.49. The second kappa shape index (κ2) is 7.34. The predicted octanol–water partition coefficient (Wildman–Crippen LogP) is 2.69. The number of fused-ring (bicyclic) bond motifs is 1. The summed E-state index contributed by atoms with van der Waals surface area (Å²) in [6.45, 7) is 2.84. The maximum Gasteiger partial charge on any atom is 0.212 e. The third-order valence-corrected chi connectivity index (χ3v) is 4.54. The highest BCUT2D eigenvalue weighted by Gasteiger charge is 2.17. The molecule has 27 heavy (non-hydrogen) atoms. The summed E-state index contributed by atoms with van der Waals surface area (Å²) in [5.41, 5.74) is 13.2. The van der Waals surface area contributed by atoms with Gasteiger partial charge in [-0.1, -0.05) is 0 Å². The molecule has 1 fully saturated rings. The van der Waals surface area contributed by atoms with Crippen molar-refractivity contribution >= 4 is 22.3 Å². The first-order valence-corrected chi connectivity index (χ1v) is 8.63. The van der Waals surface area contributed by atoms with Gasteiger partial charge in [0.05, 0.1) is 43.4 Å². The lowest BCUT2D eigenvalue weighted by atomic mass is 10.0. The lowest BCUT2D eigenvalue weighted by molar-refractivity contribution is 0.0498. The average molecular weight is 369 g/mol. The minimum atomic E-state index is -0.529. The number of rotatable bonds is 4. The minimum absolute atomic E-state index is 0.529. The molecule has 3 N–H and O–H groups in total. The molecule has 140 valence electrons. The number of pyridine rings is 2. The number of hydrogen-bond donors (Lipinski definition) is 2. The Labute approximate surface area is 155 Å². The fourth-order valence-corrected chi connectivity index (χ4v) is 3.12. The van der Waals surface area contributed by atoms with Gasteiger partial charge in [-0.3, -0.25) is 4.98 Å². The molecule has 1 aliphatic heterocycles. The third-order valence-electron chi connectivity index (χ3n) is 4.54. The Bertz CT molecular complexity index is 958. The zero-order chi connectivity index (χ0) is 18.8. The van der Waals surface area contributed by atoms with Gasteiger partial charge in [0.15, 0.2) is 0 Å². The van der Waals surface area contributed by atoms with Crippen LogP contribution in [-0.4, -0.2) is 48.4 Å². The minimum Gasteiger partial charge on any atom is -0.496 e. The van der Waals surface area contributed by atoms with Crippen LogP contribution in [0, 0.1) is 5.95 Å². The van der Waals surface area contributed by atoms with Gasteiger partial charge in [0, 0.05) is 41.9 Å². The topological polar surface area (TPSA) is 85.5 Å². The zero-order valence-electron chi connectivity index (χ0n) is 14.9. The number of methoxy groups -OCH3 is 1. The molecule has 7 nitrogen and oxygen atoms in total. The molecule has 0 amide bonds. The maximum absolute atomic E-state index is 13.2. The Morgan fingerprint density at radius 1 is 1.19 bits per heavy atom. The van der Waals surface area contributed by atoms with Crippen molar-refractivity contribution in [3.63, 3.8) is 0 Å². The molecule has 2 aromatic heterocycles. The summed E-state index contributed by atoms with van der Waals surface area (Å²) in [4.78, 5) is 8.17. The number of hydrogen-bond acceptors (Lipinski definition) is 7. The van der Waals surface area contributed by atoms with Gasteiger partial charge in [-0.2, -0.15) is 4.39 Å². The van der Waals surface area contributed by atoms with Gasteiger partial charge in [-0.05, 0) is 18.2 Å². The molecular formula is C19H20FN5O2. The first kappa shape index (κ1) is 17.4. The Morgan fingerprint density at radius 3 is 2.70 bits per heavy atom. The van der Waals surface area contributed by atoms with Crippen molar-refractivity contribution in [3.05, 3.63) is 42.6 Å². The van der Waals surface area contributed by atoms with Gasteiger partial charge in [0.25, 0.3) is 0 Å². The highest BCUT2D eigenvalue weighted by Crippen LogP contribution is 2.37. The van der Waals surface area contributed by atoms with Crippen LogP contribution in [-0.2, 0) is 4.74 Å². The van der Waals surface area contributed by atoms with Gasteiger partial charge >= 0.3 is 0 Å². The lowest BCUT2D eigenvalue weighted by Gasteiger charge is -2.29. The van der Waals surface area contributed by atoms with Crippen LogP contribution < -0.4 is 15.9 Å². The fourth-order valence-electron chi connectivity index (χ4n) is 3.12. The molecule has 1 aliphatic rings. The normalized spacial score (nSPS) is 15.0. The number of halogens is 1. The molecule has 0 saturated carbocycles. The van der Waals surface area contributed by atoms with Gasteiger partial charge < -0.3 is 20.6 Å². The molecule has 0 aliphatic carbocycles. The van der Waals surface area contributed by atoms with E-state index in [1.54, 1.807) is 19.4 Å². The van der Waals surface area contributed by atoms with Crippen LogP contribution in [0.3, 0.4) is 0 Å². The molecule has 0 atom stereocenters. The summed E-state index contributed by atoms with van der Waals surface area (Å²) in [6, 6.07) is 6.78. The van der Waals surface area contributed by atoms with Crippen LogP contribution >= 0.6 is 0 Å².